The number of carbonyl (C=O) groups excluding carboxylic acids is 1. The van der Waals surface area contributed by atoms with Crippen molar-refractivity contribution in [3.05, 3.63) is 50.9 Å². The highest BCUT2D eigenvalue weighted by atomic mass is 127. The highest BCUT2D eigenvalue weighted by Gasteiger charge is 2.70. The van der Waals surface area contributed by atoms with Gasteiger partial charge in [0.2, 0.25) is 0 Å². The second-order valence-corrected chi connectivity index (χ2v) is 13.5. The molecule has 7 heteroatoms. The summed E-state index contributed by atoms with van der Waals surface area (Å²) in [6, 6.07) is 8.38. The highest BCUT2D eigenvalue weighted by molar-refractivity contribution is 14.1. The van der Waals surface area contributed by atoms with Crippen molar-refractivity contribution in [1.82, 2.24) is 9.78 Å². The van der Waals surface area contributed by atoms with Crippen LogP contribution in [0.3, 0.4) is 0 Å². The van der Waals surface area contributed by atoms with Crippen LogP contribution < -0.4 is 0 Å². The van der Waals surface area contributed by atoms with Crippen molar-refractivity contribution in [2.75, 3.05) is 6.61 Å². The number of aliphatic hydroxyl groups excluding tert-OH is 2. The van der Waals surface area contributed by atoms with Crippen molar-refractivity contribution in [3.8, 4) is 5.69 Å². The number of ketones is 1. The molecule has 0 amide bonds. The van der Waals surface area contributed by atoms with Crippen LogP contribution in [0.5, 0.6) is 0 Å². The summed E-state index contributed by atoms with van der Waals surface area (Å²) in [6.07, 6.45) is 7.49. The zero-order valence-electron chi connectivity index (χ0n) is 21.1. The second-order valence-electron chi connectivity index (χ2n) is 12.2. The minimum atomic E-state index is -1.59. The van der Waals surface area contributed by atoms with E-state index in [9.17, 15) is 20.1 Å². The van der Waals surface area contributed by atoms with Gasteiger partial charge in [0, 0.05) is 8.99 Å². The number of rotatable bonds is 3. The number of fused-ring (bicyclic) bond motifs is 6. The third-order valence-electron chi connectivity index (χ3n) is 10.6. The highest BCUT2D eigenvalue weighted by Crippen LogP contribution is 2.68. The lowest BCUT2D eigenvalue weighted by Gasteiger charge is -2.60. The molecule has 0 bridgehead atoms. The van der Waals surface area contributed by atoms with Crippen molar-refractivity contribution in [1.29, 1.82) is 0 Å². The molecule has 3 saturated carbocycles. The Hall–Kier alpha value is -1.55. The maximum absolute atomic E-state index is 12.8. The molecule has 0 unspecified atom stereocenters. The molecule has 1 aromatic carbocycles. The fourth-order valence-electron chi connectivity index (χ4n) is 9.02. The number of aliphatic hydroxyl groups is 3. The average molecular weight is 603 g/mol. The van der Waals surface area contributed by atoms with Gasteiger partial charge in [0.05, 0.1) is 23.7 Å². The van der Waals surface area contributed by atoms with Gasteiger partial charge in [-0.15, -0.1) is 0 Å². The van der Waals surface area contributed by atoms with E-state index in [1.165, 1.54) is 14.7 Å². The molecule has 1 aromatic heterocycles. The maximum Gasteiger partial charge on any atom is 0.190 e. The van der Waals surface area contributed by atoms with Gasteiger partial charge in [0.15, 0.2) is 5.78 Å². The Morgan fingerprint density at radius 1 is 1.25 bits per heavy atom. The summed E-state index contributed by atoms with van der Waals surface area (Å²) in [5.41, 5.74) is 2.24. The van der Waals surface area contributed by atoms with Gasteiger partial charge in [0.25, 0.3) is 0 Å². The van der Waals surface area contributed by atoms with Gasteiger partial charge in [0.1, 0.15) is 12.2 Å². The molecule has 8 atom stereocenters. The molecule has 3 fully saturated rings. The average Bonchev–Trinajstić information content (AvgIpc) is 3.33. The minimum absolute atomic E-state index is 0.0594. The molecular formula is C29H35IN2O4. The summed E-state index contributed by atoms with van der Waals surface area (Å²) in [5, 5.41) is 37.8. The van der Waals surface area contributed by atoms with Gasteiger partial charge >= 0.3 is 0 Å². The largest absolute Gasteiger partial charge is 0.393 e. The van der Waals surface area contributed by atoms with E-state index in [-0.39, 0.29) is 29.1 Å². The van der Waals surface area contributed by atoms with Crippen LogP contribution in [0.2, 0.25) is 0 Å². The molecule has 6 nitrogen and oxygen atoms in total. The summed E-state index contributed by atoms with van der Waals surface area (Å²) in [7, 11) is 0. The van der Waals surface area contributed by atoms with Crippen molar-refractivity contribution >= 4 is 34.5 Å². The van der Waals surface area contributed by atoms with Crippen LogP contribution in [0, 0.1) is 38.1 Å². The number of hydrogen-bond donors (Lipinski definition) is 3. The third kappa shape index (κ3) is 3.12. The lowest BCUT2D eigenvalue weighted by Crippen LogP contribution is -2.63. The zero-order chi connectivity index (χ0) is 25.6. The van der Waals surface area contributed by atoms with E-state index >= 15 is 0 Å². The molecule has 6 rings (SSSR count). The standard InChI is InChI=1S/C29H35IN2O4/c1-16-10-22-21-9-4-18-11-23-17(14-31-32(23)20-7-5-19(30)6-8-20)12-27(18,2)26(21)24(34)13-28(22,3)29(16,36)25(35)15-33/h5-8,11,14,16,21-22,24,26,33-34,36H,4,9-10,12-13,15H2,1-3H3/t16-,21+,22+,24+,26-,27+,28+,29+/m1/s1. The van der Waals surface area contributed by atoms with Crippen LogP contribution >= 0.6 is 22.6 Å². The predicted molar refractivity (Wildman–Crippen MR) is 145 cm³/mol. The minimum Gasteiger partial charge on any atom is -0.393 e. The van der Waals surface area contributed by atoms with Crippen molar-refractivity contribution < 1.29 is 20.1 Å². The summed E-state index contributed by atoms with van der Waals surface area (Å²) >= 11 is 2.31. The summed E-state index contributed by atoms with van der Waals surface area (Å²) in [5.74, 6) is -0.331. The Bertz CT molecular complexity index is 1250. The number of aromatic nitrogens is 2. The van der Waals surface area contributed by atoms with Crippen LogP contribution in [0.4, 0.5) is 0 Å². The first-order chi connectivity index (χ1) is 17.0. The smallest absolute Gasteiger partial charge is 0.190 e. The van der Waals surface area contributed by atoms with E-state index in [0.29, 0.717) is 6.42 Å². The molecule has 0 radical (unpaired) electrons. The quantitative estimate of drug-likeness (QED) is 0.459. The molecule has 4 aliphatic carbocycles. The maximum atomic E-state index is 12.8. The Morgan fingerprint density at radius 3 is 2.67 bits per heavy atom. The van der Waals surface area contributed by atoms with Gasteiger partial charge in [-0.1, -0.05) is 26.3 Å². The van der Waals surface area contributed by atoms with Crippen LogP contribution in [0.1, 0.15) is 57.7 Å². The molecular weight excluding hydrogens is 567 g/mol. The van der Waals surface area contributed by atoms with Crippen LogP contribution in [0.25, 0.3) is 11.8 Å². The Kier molecular flexibility index (Phi) is 5.66. The van der Waals surface area contributed by atoms with Gasteiger partial charge in [-0.2, -0.15) is 5.10 Å². The molecule has 0 saturated heterocycles. The lowest BCUT2D eigenvalue weighted by molar-refractivity contribution is -0.186. The van der Waals surface area contributed by atoms with Crippen LogP contribution in [-0.2, 0) is 11.2 Å². The van der Waals surface area contributed by atoms with Gasteiger partial charge in [-0.25, -0.2) is 4.68 Å². The molecule has 3 N–H and O–H groups in total. The van der Waals surface area contributed by atoms with E-state index in [1.807, 2.05) is 24.7 Å². The molecule has 0 aliphatic heterocycles. The number of hydrogen-bond acceptors (Lipinski definition) is 5. The molecule has 0 spiro atoms. The van der Waals surface area contributed by atoms with Gasteiger partial charge in [-0.05, 0) is 120 Å². The van der Waals surface area contributed by atoms with Gasteiger partial charge < -0.3 is 15.3 Å². The lowest BCUT2D eigenvalue weighted by atomic mass is 9.45. The number of nitrogens with zero attached hydrogens (tertiary/aromatic N) is 2. The number of allylic oxidation sites excluding steroid dienone is 1. The second kappa shape index (κ2) is 8.22. The van der Waals surface area contributed by atoms with Crippen molar-refractivity contribution in [2.45, 2.75) is 64.6 Å². The first-order valence-corrected chi connectivity index (χ1v) is 14.2. The normalized spacial score (nSPS) is 41.1. The SMILES string of the molecule is C[C@@H]1C[C@H]2[C@@H]3CCC4=Cc5c(cnn5-c5ccc(I)cc5)C[C@]4(C)[C@H]3[C@@H](O)C[C@]2(C)[C@@]1(O)C(=O)CO. The summed E-state index contributed by atoms with van der Waals surface area (Å²) < 4.78 is 3.21. The topological polar surface area (TPSA) is 95.6 Å². The molecule has 192 valence electrons. The number of carbonyl (C=O) groups is 1. The number of halogens is 1. The van der Waals surface area contributed by atoms with E-state index in [1.54, 1.807) is 0 Å². The first-order valence-electron chi connectivity index (χ1n) is 13.1. The van der Waals surface area contributed by atoms with E-state index in [4.69, 9.17) is 5.10 Å². The predicted octanol–water partition coefficient (Wildman–Crippen LogP) is 4.17. The summed E-state index contributed by atoms with van der Waals surface area (Å²) in [6.45, 7) is 5.55. The fourth-order valence-corrected chi connectivity index (χ4v) is 9.38. The molecule has 1 heterocycles. The van der Waals surface area contributed by atoms with E-state index in [0.717, 1.165) is 37.1 Å². The van der Waals surface area contributed by atoms with Crippen LogP contribution in [0.15, 0.2) is 36.0 Å². The van der Waals surface area contributed by atoms with E-state index in [2.05, 4.69) is 59.9 Å². The van der Waals surface area contributed by atoms with E-state index < -0.39 is 29.5 Å². The zero-order valence-corrected chi connectivity index (χ0v) is 23.3. The number of benzene rings is 1. The Morgan fingerprint density at radius 2 is 1.97 bits per heavy atom. The van der Waals surface area contributed by atoms with Gasteiger partial charge in [-0.3, -0.25) is 4.79 Å². The summed E-state index contributed by atoms with van der Waals surface area (Å²) in [4.78, 5) is 12.8. The monoisotopic (exact) mass is 602 g/mol. The first kappa shape index (κ1) is 24.8. The number of Topliss-reactive ketones (excluding diaryl/α,β-unsaturated/α-hetero) is 1. The Labute approximate surface area is 225 Å². The fraction of sp³-hybridized carbons (Fsp3) is 0.586. The Balaban J connectivity index is 1.38. The van der Waals surface area contributed by atoms with Crippen molar-refractivity contribution in [3.63, 3.8) is 0 Å². The molecule has 4 aliphatic rings. The molecule has 2 aromatic rings. The molecule has 36 heavy (non-hydrogen) atoms. The van der Waals surface area contributed by atoms with Crippen LogP contribution in [-0.4, -0.2) is 49.2 Å². The third-order valence-corrected chi connectivity index (χ3v) is 11.4. The van der Waals surface area contributed by atoms with Crippen molar-refractivity contribution in [2.24, 2.45) is 34.5 Å².